The van der Waals surface area contributed by atoms with Crippen molar-refractivity contribution < 1.29 is 9.90 Å². The molecule has 2 rings (SSSR count). The summed E-state index contributed by atoms with van der Waals surface area (Å²) in [7, 11) is 0. The molecule has 96 valence electrons. The molecule has 4 nitrogen and oxygen atoms in total. The molecule has 0 saturated carbocycles. The molecule has 0 aromatic carbocycles. The van der Waals surface area contributed by atoms with Gasteiger partial charge in [-0.15, -0.1) is 0 Å². The normalized spacial score (nSPS) is 24.4. The molecule has 0 aromatic rings. The fraction of sp³-hybridized carbons (Fsp3) is 0.769. The molecular formula is C13H22N2O2. The lowest BCUT2D eigenvalue weighted by molar-refractivity contribution is -0.136. The van der Waals surface area contributed by atoms with Crippen LogP contribution in [0.25, 0.3) is 0 Å². The number of allylic oxidation sites excluding steroid dienone is 2. The van der Waals surface area contributed by atoms with Crippen molar-refractivity contribution in [2.24, 2.45) is 5.92 Å². The highest BCUT2D eigenvalue weighted by molar-refractivity contribution is 5.79. The monoisotopic (exact) mass is 238 g/mol. The summed E-state index contributed by atoms with van der Waals surface area (Å²) >= 11 is 0. The maximum atomic E-state index is 12.3. The Morgan fingerprint density at radius 3 is 2.76 bits per heavy atom. The first-order valence-corrected chi connectivity index (χ1v) is 6.59. The van der Waals surface area contributed by atoms with E-state index in [9.17, 15) is 4.79 Å². The Hall–Kier alpha value is -0.870. The van der Waals surface area contributed by atoms with Gasteiger partial charge in [0.05, 0.1) is 6.61 Å². The van der Waals surface area contributed by atoms with Crippen molar-refractivity contribution in [1.29, 1.82) is 0 Å². The Morgan fingerprint density at radius 1 is 1.41 bits per heavy atom. The summed E-state index contributed by atoms with van der Waals surface area (Å²) in [6.45, 7) is 2.32. The fourth-order valence-electron chi connectivity index (χ4n) is 2.67. The van der Waals surface area contributed by atoms with Gasteiger partial charge in [-0.1, -0.05) is 12.2 Å². The molecule has 0 bridgehead atoms. The Labute approximate surface area is 103 Å². The van der Waals surface area contributed by atoms with Crippen LogP contribution in [0, 0.1) is 5.92 Å². The first kappa shape index (κ1) is 12.6. The number of hydrogen-bond donors (Lipinski definition) is 2. The van der Waals surface area contributed by atoms with Crippen LogP contribution in [0.15, 0.2) is 12.2 Å². The summed E-state index contributed by atoms with van der Waals surface area (Å²) in [6.07, 6.45) is 8.20. The first-order chi connectivity index (χ1) is 8.31. The summed E-state index contributed by atoms with van der Waals surface area (Å²) in [5, 5.41) is 12.5. The number of rotatable bonds is 5. The van der Waals surface area contributed by atoms with Gasteiger partial charge in [0.25, 0.3) is 0 Å². The molecule has 0 radical (unpaired) electrons. The number of aliphatic hydroxyl groups is 1. The Morgan fingerprint density at radius 2 is 2.18 bits per heavy atom. The second-order valence-electron chi connectivity index (χ2n) is 4.94. The first-order valence-electron chi connectivity index (χ1n) is 6.59. The Balaban J connectivity index is 1.87. The summed E-state index contributed by atoms with van der Waals surface area (Å²) in [5.74, 6) is 0.320. The van der Waals surface area contributed by atoms with Gasteiger partial charge in [0, 0.05) is 25.0 Å². The number of amides is 1. The lowest BCUT2D eigenvalue weighted by Crippen LogP contribution is -2.44. The molecule has 1 amide bonds. The van der Waals surface area contributed by atoms with E-state index < -0.39 is 0 Å². The molecule has 0 aromatic heterocycles. The Kier molecular flexibility index (Phi) is 4.57. The molecule has 1 fully saturated rings. The van der Waals surface area contributed by atoms with Crippen LogP contribution in [-0.4, -0.2) is 48.2 Å². The van der Waals surface area contributed by atoms with E-state index in [4.69, 9.17) is 5.11 Å². The highest BCUT2D eigenvalue weighted by atomic mass is 16.3. The molecule has 1 unspecified atom stereocenters. The average Bonchev–Trinajstić information content (AvgIpc) is 3.00. The van der Waals surface area contributed by atoms with Gasteiger partial charge in [-0.2, -0.15) is 0 Å². The fourth-order valence-corrected chi connectivity index (χ4v) is 2.67. The van der Waals surface area contributed by atoms with Crippen LogP contribution in [0.5, 0.6) is 0 Å². The highest BCUT2D eigenvalue weighted by Crippen LogP contribution is 2.21. The van der Waals surface area contributed by atoms with E-state index in [1.807, 2.05) is 4.90 Å². The van der Waals surface area contributed by atoms with Crippen molar-refractivity contribution in [3.05, 3.63) is 12.2 Å². The topological polar surface area (TPSA) is 52.6 Å². The lowest BCUT2D eigenvalue weighted by Gasteiger charge is -2.27. The summed E-state index contributed by atoms with van der Waals surface area (Å²) in [4.78, 5) is 14.1. The third kappa shape index (κ3) is 3.30. The van der Waals surface area contributed by atoms with Gasteiger partial charge < -0.3 is 15.3 Å². The molecule has 2 aliphatic rings. The number of nitrogens with zero attached hydrogens (tertiary/aromatic N) is 1. The van der Waals surface area contributed by atoms with Crippen molar-refractivity contribution in [3.63, 3.8) is 0 Å². The van der Waals surface area contributed by atoms with E-state index in [0.29, 0.717) is 12.6 Å². The highest BCUT2D eigenvalue weighted by Gasteiger charge is 2.27. The minimum absolute atomic E-state index is 0.0542. The number of nitrogens with one attached hydrogen (secondary N) is 1. The molecule has 1 aliphatic carbocycles. The number of carbonyl (C=O) groups is 1. The number of carbonyl (C=O) groups excluding carboxylic acids is 1. The predicted molar refractivity (Wildman–Crippen MR) is 66.6 cm³/mol. The third-order valence-corrected chi connectivity index (χ3v) is 3.64. The molecule has 1 atom stereocenters. The predicted octanol–water partition coefficient (Wildman–Crippen LogP) is 0.525. The summed E-state index contributed by atoms with van der Waals surface area (Å²) in [6, 6.07) is 0.417. The molecular weight excluding hydrogens is 216 g/mol. The smallest absolute Gasteiger partial charge is 0.226 e. The van der Waals surface area contributed by atoms with Crippen molar-refractivity contribution in [3.8, 4) is 0 Å². The van der Waals surface area contributed by atoms with Gasteiger partial charge in [0.15, 0.2) is 0 Å². The van der Waals surface area contributed by atoms with Crippen LogP contribution < -0.4 is 5.32 Å². The van der Waals surface area contributed by atoms with E-state index in [0.717, 1.165) is 32.4 Å². The SMILES string of the molecule is O=C(C1CC=CC1)N(CCO)CC1CCCN1. The van der Waals surface area contributed by atoms with Crippen molar-refractivity contribution in [2.45, 2.75) is 31.7 Å². The van der Waals surface area contributed by atoms with E-state index >= 15 is 0 Å². The quantitative estimate of drug-likeness (QED) is 0.687. The van der Waals surface area contributed by atoms with Gasteiger partial charge in [-0.3, -0.25) is 4.79 Å². The molecule has 1 saturated heterocycles. The average molecular weight is 238 g/mol. The van der Waals surface area contributed by atoms with Gasteiger partial charge in [-0.25, -0.2) is 0 Å². The summed E-state index contributed by atoms with van der Waals surface area (Å²) in [5.41, 5.74) is 0. The lowest BCUT2D eigenvalue weighted by atomic mass is 10.1. The molecule has 0 spiro atoms. The van der Waals surface area contributed by atoms with Crippen LogP contribution in [0.2, 0.25) is 0 Å². The third-order valence-electron chi connectivity index (χ3n) is 3.64. The van der Waals surface area contributed by atoms with Crippen LogP contribution >= 0.6 is 0 Å². The zero-order valence-electron chi connectivity index (χ0n) is 10.3. The van der Waals surface area contributed by atoms with Crippen molar-refractivity contribution >= 4 is 5.91 Å². The number of hydrogen-bond acceptors (Lipinski definition) is 3. The second-order valence-corrected chi connectivity index (χ2v) is 4.94. The minimum atomic E-state index is 0.0542. The van der Waals surface area contributed by atoms with Crippen LogP contribution in [0.3, 0.4) is 0 Å². The molecule has 1 heterocycles. The van der Waals surface area contributed by atoms with Gasteiger partial charge in [0.2, 0.25) is 5.91 Å². The molecule has 4 heteroatoms. The van der Waals surface area contributed by atoms with E-state index in [1.54, 1.807) is 0 Å². The standard InChI is InChI=1S/C13H22N2O2/c16-9-8-15(10-12-6-3-7-14-12)13(17)11-4-1-2-5-11/h1-2,11-12,14,16H,3-10H2. The molecule has 2 N–H and O–H groups in total. The summed E-state index contributed by atoms with van der Waals surface area (Å²) < 4.78 is 0. The van der Waals surface area contributed by atoms with Crippen LogP contribution in [-0.2, 0) is 4.79 Å². The van der Waals surface area contributed by atoms with Crippen molar-refractivity contribution in [1.82, 2.24) is 10.2 Å². The Bertz CT molecular complexity index is 277. The van der Waals surface area contributed by atoms with Gasteiger partial charge in [-0.05, 0) is 32.2 Å². The van der Waals surface area contributed by atoms with Gasteiger partial charge in [0.1, 0.15) is 0 Å². The molecule has 1 aliphatic heterocycles. The largest absolute Gasteiger partial charge is 0.395 e. The zero-order chi connectivity index (χ0) is 12.1. The van der Waals surface area contributed by atoms with Gasteiger partial charge >= 0.3 is 0 Å². The zero-order valence-corrected chi connectivity index (χ0v) is 10.3. The maximum Gasteiger partial charge on any atom is 0.226 e. The molecule has 17 heavy (non-hydrogen) atoms. The second kappa shape index (κ2) is 6.17. The van der Waals surface area contributed by atoms with Crippen LogP contribution in [0.4, 0.5) is 0 Å². The maximum absolute atomic E-state index is 12.3. The van der Waals surface area contributed by atoms with Crippen molar-refractivity contribution in [2.75, 3.05) is 26.2 Å². The van der Waals surface area contributed by atoms with E-state index in [1.165, 1.54) is 6.42 Å². The minimum Gasteiger partial charge on any atom is -0.395 e. The van der Waals surface area contributed by atoms with E-state index in [2.05, 4.69) is 17.5 Å². The van der Waals surface area contributed by atoms with E-state index in [-0.39, 0.29) is 18.4 Å². The van der Waals surface area contributed by atoms with Crippen LogP contribution in [0.1, 0.15) is 25.7 Å². The number of aliphatic hydroxyl groups excluding tert-OH is 1.